The van der Waals surface area contributed by atoms with Crippen LogP contribution < -0.4 is 4.74 Å². The summed E-state index contributed by atoms with van der Waals surface area (Å²) in [6, 6.07) is 9.70. The summed E-state index contributed by atoms with van der Waals surface area (Å²) in [5, 5.41) is 14.5. The first kappa shape index (κ1) is 17.9. The normalized spacial score (nSPS) is 12.1. The van der Waals surface area contributed by atoms with Gasteiger partial charge in [-0.1, -0.05) is 16.1 Å². The molecule has 1 aromatic heterocycles. The summed E-state index contributed by atoms with van der Waals surface area (Å²) in [5.74, 6) is 0.350. The molecule has 2 aromatic carbocycles. The SMILES string of the molecule is CCOc1ccc(S(=O)(=O)N=Nc2c(O)[nH]c3c(C)cc(C)cc23)cc1. The number of aryl methyl sites for hydroxylation is 2. The highest BCUT2D eigenvalue weighted by molar-refractivity contribution is 7.90. The number of ether oxygens (including phenoxy) is 1. The van der Waals surface area contributed by atoms with Crippen molar-refractivity contribution in [1.82, 2.24) is 4.98 Å². The van der Waals surface area contributed by atoms with Gasteiger partial charge in [-0.2, -0.15) is 8.42 Å². The number of rotatable bonds is 5. The predicted molar refractivity (Wildman–Crippen MR) is 98.8 cm³/mol. The molecule has 2 N–H and O–H groups in total. The third-order valence-electron chi connectivity index (χ3n) is 3.88. The van der Waals surface area contributed by atoms with E-state index in [1.165, 1.54) is 12.1 Å². The van der Waals surface area contributed by atoms with E-state index < -0.39 is 10.0 Å². The lowest BCUT2D eigenvalue weighted by Gasteiger charge is -2.03. The highest BCUT2D eigenvalue weighted by atomic mass is 32.2. The molecule has 0 bridgehead atoms. The summed E-state index contributed by atoms with van der Waals surface area (Å²) in [6.07, 6.45) is 0. The fourth-order valence-electron chi connectivity index (χ4n) is 2.74. The fraction of sp³-hybridized carbons (Fsp3) is 0.222. The second-order valence-corrected chi connectivity index (χ2v) is 7.47. The van der Waals surface area contributed by atoms with Crippen LogP contribution in [-0.4, -0.2) is 25.1 Å². The lowest BCUT2D eigenvalue weighted by molar-refractivity contribution is 0.340. The van der Waals surface area contributed by atoms with Gasteiger partial charge in [0.25, 0.3) is 10.0 Å². The fourth-order valence-corrected chi connectivity index (χ4v) is 3.51. The van der Waals surface area contributed by atoms with Crippen molar-refractivity contribution >= 4 is 26.6 Å². The standard InChI is InChI=1S/C18H19N3O4S/c1-4-25-13-5-7-14(8-6-13)26(23,24)21-20-17-15-10-11(2)9-12(3)16(15)19-18(17)22/h5-10,19,22H,4H2,1-3H3. The number of aromatic nitrogens is 1. The Kier molecular flexibility index (Phi) is 4.69. The molecule has 0 aliphatic rings. The number of hydrogen-bond acceptors (Lipinski definition) is 5. The molecule has 7 nitrogen and oxygen atoms in total. The lowest BCUT2D eigenvalue weighted by Crippen LogP contribution is -1.96. The maximum Gasteiger partial charge on any atom is 0.299 e. The van der Waals surface area contributed by atoms with Crippen molar-refractivity contribution in [1.29, 1.82) is 0 Å². The molecule has 26 heavy (non-hydrogen) atoms. The minimum absolute atomic E-state index is 0.00334. The van der Waals surface area contributed by atoms with Crippen LogP contribution in [-0.2, 0) is 10.0 Å². The van der Waals surface area contributed by atoms with E-state index in [4.69, 9.17) is 4.74 Å². The van der Waals surface area contributed by atoms with Crippen LogP contribution >= 0.6 is 0 Å². The Balaban J connectivity index is 1.98. The summed E-state index contributed by atoms with van der Waals surface area (Å²) >= 11 is 0. The quantitative estimate of drug-likeness (QED) is 0.648. The Morgan fingerprint density at radius 2 is 1.85 bits per heavy atom. The molecular weight excluding hydrogens is 354 g/mol. The van der Waals surface area contributed by atoms with Crippen molar-refractivity contribution in [2.75, 3.05) is 6.61 Å². The minimum Gasteiger partial charge on any atom is -0.494 e. The number of aromatic hydroxyl groups is 1. The molecule has 8 heteroatoms. The Bertz CT molecular complexity index is 1080. The molecule has 0 aliphatic carbocycles. The number of nitrogens with one attached hydrogen (secondary N) is 1. The molecule has 0 fully saturated rings. The summed E-state index contributed by atoms with van der Waals surface area (Å²) in [5.41, 5.74) is 2.69. The molecule has 0 unspecified atom stereocenters. The van der Waals surface area contributed by atoms with E-state index in [0.717, 1.165) is 11.1 Å². The highest BCUT2D eigenvalue weighted by Gasteiger charge is 2.16. The van der Waals surface area contributed by atoms with Gasteiger partial charge in [0.1, 0.15) is 5.75 Å². The van der Waals surface area contributed by atoms with Gasteiger partial charge in [-0.25, -0.2) is 0 Å². The van der Waals surface area contributed by atoms with E-state index in [9.17, 15) is 13.5 Å². The number of benzene rings is 2. The van der Waals surface area contributed by atoms with Crippen LogP contribution in [0, 0.1) is 13.8 Å². The maximum atomic E-state index is 12.4. The topological polar surface area (TPSA) is 104 Å². The van der Waals surface area contributed by atoms with Gasteiger partial charge in [-0.05, 0) is 56.7 Å². The molecule has 136 valence electrons. The number of fused-ring (bicyclic) bond motifs is 1. The zero-order valence-electron chi connectivity index (χ0n) is 14.6. The van der Waals surface area contributed by atoms with E-state index in [0.29, 0.717) is 23.3 Å². The first-order valence-electron chi connectivity index (χ1n) is 8.04. The molecule has 0 radical (unpaired) electrons. The van der Waals surface area contributed by atoms with Crippen LogP contribution in [0.4, 0.5) is 5.69 Å². The van der Waals surface area contributed by atoms with Gasteiger partial charge in [0.15, 0.2) is 5.69 Å². The van der Waals surface area contributed by atoms with Crippen molar-refractivity contribution in [2.45, 2.75) is 25.7 Å². The molecule has 0 aliphatic heterocycles. The number of hydrogen-bond donors (Lipinski definition) is 2. The van der Waals surface area contributed by atoms with E-state index in [-0.39, 0.29) is 16.5 Å². The molecular formula is C18H19N3O4S. The molecule has 0 atom stereocenters. The number of sulfonamides is 1. The molecule has 0 saturated heterocycles. The molecule has 0 amide bonds. The van der Waals surface area contributed by atoms with E-state index in [1.54, 1.807) is 12.1 Å². The van der Waals surface area contributed by atoms with Crippen LogP contribution in [0.5, 0.6) is 11.6 Å². The van der Waals surface area contributed by atoms with Crippen LogP contribution in [0.2, 0.25) is 0 Å². The maximum absolute atomic E-state index is 12.4. The number of aromatic amines is 1. The van der Waals surface area contributed by atoms with Gasteiger partial charge >= 0.3 is 0 Å². The zero-order chi connectivity index (χ0) is 18.9. The monoisotopic (exact) mass is 373 g/mol. The van der Waals surface area contributed by atoms with Crippen molar-refractivity contribution < 1.29 is 18.3 Å². The smallest absolute Gasteiger partial charge is 0.299 e. The summed E-state index contributed by atoms with van der Waals surface area (Å²) in [6.45, 7) is 6.14. The average molecular weight is 373 g/mol. The molecule has 0 saturated carbocycles. The average Bonchev–Trinajstić information content (AvgIpc) is 2.90. The lowest BCUT2D eigenvalue weighted by atomic mass is 10.1. The number of H-pyrrole nitrogens is 1. The first-order valence-corrected chi connectivity index (χ1v) is 9.48. The van der Waals surface area contributed by atoms with Gasteiger partial charge in [0.05, 0.1) is 17.0 Å². The van der Waals surface area contributed by atoms with E-state index in [2.05, 4.69) is 14.6 Å². The molecule has 0 spiro atoms. The molecule has 3 aromatic rings. The van der Waals surface area contributed by atoms with Crippen molar-refractivity contribution in [2.24, 2.45) is 9.63 Å². The van der Waals surface area contributed by atoms with Gasteiger partial charge in [-0.15, -0.1) is 5.11 Å². The third-order valence-corrected chi connectivity index (χ3v) is 5.05. The largest absolute Gasteiger partial charge is 0.494 e. The summed E-state index contributed by atoms with van der Waals surface area (Å²) < 4.78 is 33.6. The minimum atomic E-state index is -4.00. The second kappa shape index (κ2) is 6.80. The Morgan fingerprint density at radius 3 is 2.50 bits per heavy atom. The zero-order valence-corrected chi connectivity index (χ0v) is 15.5. The predicted octanol–water partition coefficient (Wildman–Crippen LogP) is 4.36. The third kappa shape index (κ3) is 3.41. The van der Waals surface area contributed by atoms with Gasteiger partial charge in [0.2, 0.25) is 5.88 Å². The highest BCUT2D eigenvalue weighted by Crippen LogP contribution is 2.38. The van der Waals surface area contributed by atoms with Gasteiger partial charge in [-0.3, -0.25) is 0 Å². The molecule has 1 heterocycles. The Morgan fingerprint density at radius 1 is 1.15 bits per heavy atom. The Labute approximate surface area is 151 Å². The molecule has 3 rings (SSSR count). The van der Waals surface area contributed by atoms with Crippen LogP contribution in [0.3, 0.4) is 0 Å². The van der Waals surface area contributed by atoms with Gasteiger partial charge in [0, 0.05) is 5.39 Å². The summed E-state index contributed by atoms with van der Waals surface area (Å²) in [7, 11) is -4.00. The first-order chi connectivity index (χ1) is 12.3. The van der Waals surface area contributed by atoms with Crippen LogP contribution in [0.1, 0.15) is 18.1 Å². The van der Waals surface area contributed by atoms with E-state index in [1.807, 2.05) is 32.9 Å². The second-order valence-electron chi connectivity index (χ2n) is 5.89. The summed E-state index contributed by atoms with van der Waals surface area (Å²) in [4.78, 5) is 2.81. The van der Waals surface area contributed by atoms with Gasteiger partial charge < -0.3 is 14.8 Å². The van der Waals surface area contributed by atoms with E-state index >= 15 is 0 Å². The van der Waals surface area contributed by atoms with Crippen LogP contribution in [0.15, 0.2) is 50.9 Å². The van der Waals surface area contributed by atoms with Crippen LogP contribution in [0.25, 0.3) is 10.9 Å². The van der Waals surface area contributed by atoms with Crippen molar-refractivity contribution in [3.8, 4) is 11.6 Å². The van der Waals surface area contributed by atoms with Crippen molar-refractivity contribution in [3.05, 3.63) is 47.5 Å². The number of nitrogens with zero attached hydrogens (tertiary/aromatic N) is 2. The Hall–Kier alpha value is -2.87. The van der Waals surface area contributed by atoms with Crippen molar-refractivity contribution in [3.63, 3.8) is 0 Å².